The van der Waals surface area contributed by atoms with E-state index in [4.69, 9.17) is 15.2 Å². The maximum absolute atomic E-state index is 12.7. The van der Waals surface area contributed by atoms with Crippen molar-refractivity contribution in [1.29, 1.82) is 0 Å². The lowest BCUT2D eigenvalue weighted by molar-refractivity contribution is -0.136. The molecule has 1 amide bonds. The molecule has 0 radical (unpaired) electrons. The van der Waals surface area contributed by atoms with Gasteiger partial charge in [0.2, 0.25) is 5.91 Å². The Morgan fingerprint density at radius 2 is 1.75 bits per heavy atom. The Morgan fingerprint density at radius 3 is 2.25 bits per heavy atom. The van der Waals surface area contributed by atoms with E-state index in [2.05, 4.69) is 13.8 Å². The first-order chi connectivity index (χ1) is 11.3. The minimum Gasteiger partial charge on any atom is -0.493 e. The molecular formula is C19H32N2O3. The number of hydrogen-bond acceptors (Lipinski definition) is 4. The van der Waals surface area contributed by atoms with Gasteiger partial charge in [0.1, 0.15) is 0 Å². The van der Waals surface area contributed by atoms with E-state index >= 15 is 0 Å². The predicted molar refractivity (Wildman–Crippen MR) is 97.5 cm³/mol. The largest absolute Gasteiger partial charge is 0.493 e. The molecular weight excluding hydrogens is 304 g/mol. The van der Waals surface area contributed by atoms with Crippen LogP contribution in [0.25, 0.3) is 0 Å². The highest BCUT2D eigenvalue weighted by Crippen LogP contribution is 2.27. The van der Waals surface area contributed by atoms with Gasteiger partial charge in [0.15, 0.2) is 11.5 Å². The van der Waals surface area contributed by atoms with Crippen molar-refractivity contribution in [2.75, 3.05) is 27.3 Å². The molecule has 0 saturated heterocycles. The first kappa shape index (κ1) is 20.3. The smallest absolute Gasteiger partial charge is 0.226 e. The van der Waals surface area contributed by atoms with Gasteiger partial charge in [0.25, 0.3) is 0 Å². The fourth-order valence-electron chi connectivity index (χ4n) is 2.55. The number of carbonyl (C=O) groups is 1. The van der Waals surface area contributed by atoms with Crippen molar-refractivity contribution in [2.45, 2.75) is 40.2 Å². The van der Waals surface area contributed by atoms with E-state index in [1.807, 2.05) is 36.9 Å². The van der Waals surface area contributed by atoms with Crippen molar-refractivity contribution in [3.63, 3.8) is 0 Å². The summed E-state index contributed by atoms with van der Waals surface area (Å²) in [5.41, 5.74) is 7.02. The fourth-order valence-corrected chi connectivity index (χ4v) is 2.55. The summed E-state index contributed by atoms with van der Waals surface area (Å²) in [5.74, 6) is 1.79. The SMILES string of the molecule is COc1ccc(CCN(CC(C)C)C(=O)C(C)C(C)N)cc1OC. The Labute approximate surface area is 146 Å². The van der Waals surface area contributed by atoms with Gasteiger partial charge in [-0.25, -0.2) is 0 Å². The molecule has 2 N–H and O–H groups in total. The molecule has 0 saturated carbocycles. The van der Waals surface area contributed by atoms with E-state index in [9.17, 15) is 4.79 Å². The lowest BCUT2D eigenvalue weighted by Gasteiger charge is -2.29. The van der Waals surface area contributed by atoms with Crippen LogP contribution in [0.5, 0.6) is 11.5 Å². The molecule has 5 nitrogen and oxygen atoms in total. The molecule has 2 unspecified atom stereocenters. The van der Waals surface area contributed by atoms with E-state index in [-0.39, 0.29) is 17.9 Å². The van der Waals surface area contributed by atoms with Gasteiger partial charge in [-0.05, 0) is 37.0 Å². The molecule has 0 aliphatic carbocycles. The summed E-state index contributed by atoms with van der Waals surface area (Å²) in [7, 11) is 3.25. The Kier molecular flexibility index (Phi) is 8.05. The highest BCUT2D eigenvalue weighted by atomic mass is 16.5. The maximum atomic E-state index is 12.7. The van der Waals surface area contributed by atoms with E-state index in [1.54, 1.807) is 14.2 Å². The molecule has 0 bridgehead atoms. The van der Waals surface area contributed by atoms with Gasteiger partial charge in [0.05, 0.1) is 20.1 Å². The molecule has 0 heterocycles. The Balaban J connectivity index is 2.83. The lowest BCUT2D eigenvalue weighted by atomic mass is 10.0. The number of amides is 1. The standard InChI is InChI=1S/C19H32N2O3/c1-13(2)12-21(19(22)14(3)15(4)20)10-9-16-7-8-17(23-5)18(11-16)24-6/h7-8,11,13-15H,9-10,12,20H2,1-6H3. The quantitative estimate of drug-likeness (QED) is 0.753. The predicted octanol–water partition coefficient (Wildman–Crippen LogP) is 2.71. The highest BCUT2D eigenvalue weighted by molar-refractivity contribution is 5.79. The van der Waals surface area contributed by atoms with E-state index in [1.165, 1.54) is 0 Å². The molecule has 0 spiro atoms. The number of rotatable bonds is 9. The van der Waals surface area contributed by atoms with Crippen LogP contribution in [0.4, 0.5) is 0 Å². The number of nitrogens with two attached hydrogens (primary N) is 1. The van der Waals surface area contributed by atoms with E-state index in [0.717, 1.165) is 18.5 Å². The average Bonchev–Trinajstić information content (AvgIpc) is 2.56. The lowest BCUT2D eigenvalue weighted by Crippen LogP contribution is -2.44. The summed E-state index contributed by atoms with van der Waals surface area (Å²) in [5, 5.41) is 0. The zero-order valence-corrected chi connectivity index (χ0v) is 15.8. The number of methoxy groups -OCH3 is 2. The van der Waals surface area contributed by atoms with E-state index < -0.39 is 0 Å². The molecule has 1 aromatic carbocycles. The van der Waals surface area contributed by atoms with Crippen molar-refractivity contribution in [3.05, 3.63) is 23.8 Å². The summed E-state index contributed by atoms with van der Waals surface area (Å²) in [6.45, 7) is 9.42. The third-order valence-electron chi connectivity index (χ3n) is 4.19. The van der Waals surface area contributed by atoms with Crippen molar-refractivity contribution in [1.82, 2.24) is 4.90 Å². The molecule has 0 aromatic heterocycles. The first-order valence-corrected chi connectivity index (χ1v) is 8.55. The third-order valence-corrected chi connectivity index (χ3v) is 4.19. The molecule has 0 fully saturated rings. The van der Waals surface area contributed by atoms with Gasteiger partial charge in [-0.15, -0.1) is 0 Å². The molecule has 0 aliphatic heterocycles. The van der Waals surface area contributed by atoms with Gasteiger partial charge in [-0.2, -0.15) is 0 Å². The molecule has 1 aromatic rings. The van der Waals surface area contributed by atoms with Gasteiger partial charge in [-0.3, -0.25) is 4.79 Å². The van der Waals surface area contributed by atoms with Gasteiger partial charge in [0, 0.05) is 19.1 Å². The van der Waals surface area contributed by atoms with Crippen LogP contribution >= 0.6 is 0 Å². The number of ether oxygens (including phenoxy) is 2. The number of carbonyl (C=O) groups excluding carboxylic acids is 1. The summed E-state index contributed by atoms with van der Waals surface area (Å²) in [4.78, 5) is 14.6. The third kappa shape index (κ3) is 5.71. The average molecular weight is 336 g/mol. The molecule has 5 heteroatoms. The van der Waals surface area contributed by atoms with Crippen LogP contribution in [0.2, 0.25) is 0 Å². The zero-order chi connectivity index (χ0) is 18.3. The fraction of sp³-hybridized carbons (Fsp3) is 0.632. The topological polar surface area (TPSA) is 64.8 Å². The minimum atomic E-state index is -0.172. The van der Waals surface area contributed by atoms with E-state index in [0.29, 0.717) is 24.0 Å². The summed E-state index contributed by atoms with van der Waals surface area (Å²) in [6, 6.07) is 5.72. The molecule has 24 heavy (non-hydrogen) atoms. The van der Waals surface area contributed by atoms with Crippen molar-refractivity contribution >= 4 is 5.91 Å². The van der Waals surface area contributed by atoms with Crippen LogP contribution < -0.4 is 15.2 Å². The Morgan fingerprint density at radius 1 is 1.12 bits per heavy atom. The van der Waals surface area contributed by atoms with Crippen LogP contribution in [0.1, 0.15) is 33.3 Å². The van der Waals surface area contributed by atoms with Crippen LogP contribution in [0, 0.1) is 11.8 Å². The molecule has 2 atom stereocenters. The number of benzene rings is 1. The molecule has 1 rings (SSSR count). The number of nitrogens with zero attached hydrogens (tertiary/aromatic N) is 1. The summed E-state index contributed by atoms with van der Waals surface area (Å²) < 4.78 is 10.6. The van der Waals surface area contributed by atoms with Crippen LogP contribution in [-0.2, 0) is 11.2 Å². The zero-order valence-electron chi connectivity index (χ0n) is 15.8. The minimum absolute atomic E-state index is 0.124. The molecule has 0 aliphatic rings. The van der Waals surface area contributed by atoms with Crippen molar-refractivity contribution in [3.8, 4) is 11.5 Å². The van der Waals surface area contributed by atoms with Crippen LogP contribution in [0.15, 0.2) is 18.2 Å². The summed E-state index contributed by atoms with van der Waals surface area (Å²) in [6.07, 6.45) is 0.768. The van der Waals surface area contributed by atoms with Crippen molar-refractivity contribution < 1.29 is 14.3 Å². The summed E-state index contributed by atoms with van der Waals surface area (Å²) >= 11 is 0. The molecule has 136 valence electrons. The Hall–Kier alpha value is -1.75. The second-order valence-electron chi connectivity index (χ2n) is 6.77. The Bertz CT molecular complexity index is 529. The maximum Gasteiger partial charge on any atom is 0.226 e. The monoisotopic (exact) mass is 336 g/mol. The van der Waals surface area contributed by atoms with Gasteiger partial charge < -0.3 is 20.1 Å². The first-order valence-electron chi connectivity index (χ1n) is 8.55. The number of hydrogen-bond donors (Lipinski definition) is 1. The van der Waals surface area contributed by atoms with Crippen LogP contribution in [0.3, 0.4) is 0 Å². The van der Waals surface area contributed by atoms with Crippen molar-refractivity contribution in [2.24, 2.45) is 17.6 Å². The second kappa shape index (κ2) is 9.52. The van der Waals surface area contributed by atoms with Crippen LogP contribution in [-0.4, -0.2) is 44.2 Å². The normalized spacial score (nSPS) is 13.5. The van der Waals surface area contributed by atoms with Gasteiger partial charge in [-0.1, -0.05) is 26.8 Å². The second-order valence-corrected chi connectivity index (χ2v) is 6.77. The van der Waals surface area contributed by atoms with Gasteiger partial charge >= 0.3 is 0 Å². The highest BCUT2D eigenvalue weighted by Gasteiger charge is 2.23.